The average molecular weight is 424 g/mol. The van der Waals surface area contributed by atoms with Crippen LogP contribution in [0.3, 0.4) is 0 Å². The topological polar surface area (TPSA) is 96.0 Å². The minimum Gasteiger partial charge on any atom is -0.452 e. The summed E-state index contributed by atoms with van der Waals surface area (Å²) in [5, 5.41) is 2.77. The number of rotatable bonds is 9. The van der Waals surface area contributed by atoms with Crippen molar-refractivity contribution < 1.29 is 22.7 Å². The quantitative estimate of drug-likeness (QED) is 0.608. The summed E-state index contributed by atoms with van der Waals surface area (Å²) in [6, 6.07) is 4.77. The number of anilines is 1. The number of carbonyl (C=O) groups excluding carboxylic acids is 2. The largest absolute Gasteiger partial charge is 0.452 e. The van der Waals surface area contributed by atoms with E-state index in [2.05, 4.69) is 10.2 Å². The Balaban J connectivity index is 1.86. The van der Waals surface area contributed by atoms with Gasteiger partial charge in [0.15, 0.2) is 6.61 Å². The van der Waals surface area contributed by atoms with Crippen LogP contribution in [0, 0.1) is 0 Å². The Morgan fingerprint density at radius 3 is 2.41 bits per heavy atom. The highest BCUT2D eigenvalue weighted by atomic mass is 32.2. The van der Waals surface area contributed by atoms with E-state index in [1.807, 2.05) is 0 Å². The predicted molar refractivity (Wildman–Crippen MR) is 109 cm³/mol. The molecule has 1 aliphatic carbocycles. The third-order valence-electron chi connectivity index (χ3n) is 5.25. The van der Waals surface area contributed by atoms with Crippen molar-refractivity contribution in [3.05, 3.63) is 23.8 Å². The summed E-state index contributed by atoms with van der Waals surface area (Å²) < 4.78 is 32.3. The van der Waals surface area contributed by atoms with E-state index in [0.717, 1.165) is 38.8 Å². The molecule has 1 aromatic carbocycles. The number of carbonyl (C=O) groups is 2. The number of nitrogens with one attached hydrogen (secondary N) is 1. The summed E-state index contributed by atoms with van der Waals surface area (Å²) in [5.74, 6) is -1.02. The standard InChI is InChI=1S/C20H29N3O5S/c1-3-23(4-2)29(26,27)16-9-10-18(22-11-5-6-12-22)17(13-16)20(25)28-14-19(24)21-15-7-8-15/h9-10,13,15H,3-8,11-12,14H2,1-2H3,(H,21,24). The van der Waals surface area contributed by atoms with E-state index in [1.54, 1.807) is 19.9 Å². The molecule has 8 nitrogen and oxygen atoms in total. The maximum Gasteiger partial charge on any atom is 0.340 e. The molecule has 0 atom stereocenters. The number of amides is 1. The Morgan fingerprint density at radius 2 is 1.83 bits per heavy atom. The van der Waals surface area contributed by atoms with Gasteiger partial charge in [0.05, 0.1) is 16.1 Å². The maximum atomic E-state index is 12.9. The first-order valence-corrected chi connectivity index (χ1v) is 11.7. The lowest BCUT2D eigenvalue weighted by Crippen LogP contribution is -2.32. The van der Waals surface area contributed by atoms with Crippen molar-refractivity contribution in [2.45, 2.75) is 50.5 Å². The molecule has 160 valence electrons. The van der Waals surface area contributed by atoms with Gasteiger partial charge in [-0.15, -0.1) is 0 Å². The minimum absolute atomic E-state index is 0.0542. The van der Waals surface area contributed by atoms with Gasteiger partial charge in [-0.2, -0.15) is 4.31 Å². The van der Waals surface area contributed by atoms with Gasteiger partial charge in [0.2, 0.25) is 10.0 Å². The molecular formula is C20H29N3O5S. The fraction of sp³-hybridized carbons (Fsp3) is 0.600. The summed E-state index contributed by atoms with van der Waals surface area (Å²) in [6.07, 6.45) is 3.92. The molecule has 1 saturated carbocycles. The average Bonchev–Trinajstić information content (AvgIpc) is 3.34. The van der Waals surface area contributed by atoms with Crippen molar-refractivity contribution in [1.29, 1.82) is 0 Å². The van der Waals surface area contributed by atoms with Crippen LogP contribution in [-0.4, -0.2) is 63.4 Å². The molecule has 29 heavy (non-hydrogen) atoms. The van der Waals surface area contributed by atoms with Crippen molar-refractivity contribution >= 4 is 27.6 Å². The Morgan fingerprint density at radius 1 is 1.17 bits per heavy atom. The second kappa shape index (κ2) is 9.13. The molecule has 0 spiro atoms. The van der Waals surface area contributed by atoms with Crippen LogP contribution in [0.25, 0.3) is 0 Å². The highest BCUT2D eigenvalue weighted by Gasteiger charge is 2.28. The van der Waals surface area contributed by atoms with E-state index in [4.69, 9.17) is 4.74 Å². The zero-order valence-electron chi connectivity index (χ0n) is 17.0. The van der Waals surface area contributed by atoms with Gasteiger partial charge in [-0.05, 0) is 43.9 Å². The molecule has 1 aromatic rings. The molecule has 2 fully saturated rings. The molecule has 2 aliphatic rings. The number of sulfonamides is 1. The molecule has 1 amide bonds. The van der Waals surface area contributed by atoms with E-state index in [1.165, 1.54) is 16.4 Å². The third kappa shape index (κ3) is 5.08. The van der Waals surface area contributed by atoms with E-state index >= 15 is 0 Å². The number of hydrogen-bond acceptors (Lipinski definition) is 6. The van der Waals surface area contributed by atoms with Crippen LogP contribution < -0.4 is 10.2 Å². The first kappa shape index (κ1) is 21.6. The van der Waals surface area contributed by atoms with E-state index in [0.29, 0.717) is 18.8 Å². The molecule has 1 N–H and O–H groups in total. The second-order valence-electron chi connectivity index (χ2n) is 7.38. The van der Waals surface area contributed by atoms with Crippen LogP contribution in [0.4, 0.5) is 5.69 Å². The number of hydrogen-bond donors (Lipinski definition) is 1. The van der Waals surface area contributed by atoms with Crippen molar-refractivity contribution in [1.82, 2.24) is 9.62 Å². The molecule has 9 heteroatoms. The summed E-state index contributed by atoms with van der Waals surface area (Å²) >= 11 is 0. The number of benzene rings is 1. The van der Waals surface area contributed by atoms with Gasteiger partial charge >= 0.3 is 5.97 Å². The van der Waals surface area contributed by atoms with Crippen LogP contribution in [-0.2, 0) is 19.6 Å². The van der Waals surface area contributed by atoms with Gasteiger partial charge in [0, 0.05) is 32.2 Å². The van der Waals surface area contributed by atoms with Crippen molar-refractivity contribution in [3.8, 4) is 0 Å². The van der Waals surface area contributed by atoms with Crippen LogP contribution in [0.1, 0.15) is 49.9 Å². The molecule has 1 aliphatic heterocycles. The molecule has 1 heterocycles. The smallest absolute Gasteiger partial charge is 0.340 e. The fourth-order valence-corrected chi connectivity index (χ4v) is 4.98. The Labute approximate surface area is 172 Å². The van der Waals surface area contributed by atoms with Crippen molar-refractivity contribution in [2.75, 3.05) is 37.7 Å². The first-order chi connectivity index (χ1) is 13.9. The van der Waals surface area contributed by atoms with Gasteiger partial charge in [-0.3, -0.25) is 4.79 Å². The van der Waals surface area contributed by atoms with Gasteiger partial charge < -0.3 is 15.0 Å². The Hall–Kier alpha value is -2.13. The van der Waals surface area contributed by atoms with Crippen molar-refractivity contribution in [3.63, 3.8) is 0 Å². The van der Waals surface area contributed by atoms with Gasteiger partial charge in [0.25, 0.3) is 5.91 Å². The van der Waals surface area contributed by atoms with E-state index in [-0.39, 0.29) is 29.0 Å². The Bertz CT molecular complexity index is 857. The van der Waals surface area contributed by atoms with E-state index < -0.39 is 16.0 Å². The monoisotopic (exact) mass is 423 g/mol. The summed E-state index contributed by atoms with van der Waals surface area (Å²) in [7, 11) is -3.71. The first-order valence-electron chi connectivity index (χ1n) is 10.2. The molecule has 0 aromatic heterocycles. The number of ether oxygens (including phenoxy) is 1. The summed E-state index contributed by atoms with van der Waals surface area (Å²) in [4.78, 5) is 26.7. The lowest BCUT2D eigenvalue weighted by atomic mass is 10.1. The highest BCUT2D eigenvalue weighted by molar-refractivity contribution is 7.89. The third-order valence-corrected chi connectivity index (χ3v) is 7.30. The molecule has 0 unspecified atom stereocenters. The van der Waals surface area contributed by atoms with Crippen molar-refractivity contribution in [2.24, 2.45) is 0 Å². The zero-order chi connectivity index (χ0) is 21.0. The zero-order valence-corrected chi connectivity index (χ0v) is 17.8. The SMILES string of the molecule is CCN(CC)S(=O)(=O)c1ccc(N2CCCC2)c(C(=O)OCC(=O)NC2CC2)c1. The van der Waals surface area contributed by atoms with Crippen LogP contribution in [0.15, 0.2) is 23.1 Å². The summed E-state index contributed by atoms with van der Waals surface area (Å²) in [6.45, 7) is 5.44. The number of esters is 1. The fourth-order valence-electron chi connectivity index (χ4n) is 3.49. The predicted octanol–water partition coefficient (Wildman–Crippen LogP) is 1.75. The van der Waals surface area contributed by atoms with Crippen LogP contribution >= 0.6 is 0 Å². The maximum absolute atomic E-state index is 12.9. The Kier molecular flexibility index (Phi) is 6.79. The normalized spacial score (nSPS) is 16.9. The summed E-state index contributed by atoms with van der Waals surface area (Å²) in [5.41, 5.74) is 0.827. The molecule has 3 rings (SSSR count). The molecule has 1 saturated heterocycles. The van der Waals surface area contributed by atoms with Gasteiger partial charge in [0.1, 0.15) is 0 Å². The second-order valence-corrected chi connectivity index (χ2v) is 9.32. The van der Waals surface area contributed by atoms with E-state index in [9.17, 15) is 18.0 Å². The van der Waals surface area contributed by atoms with Gasteiger partial charge in [-0.25, -0.2) is 13.2 Å². The minimum atomic E-state index is -3.71. The van der Waals surface area contributed by atoms with Gasteiger partial charge in [-0.1, -0.05) is 13.8 Å². The highest BCUT2D eigenvalue weighted by Crippen LogP contribution is 2.29. The molecule has 0 radical (unpaired) electrons. The van der Waals surface area contributed by atoms with Crippen LogP contribution in [0.2, 0.25) is 0 Å². The van der Waals surface area contributed by atoms with Crippen LogP contribution in [0.5, 0.6) is 0 Å². The lowest BCUT2D eigenvalue weighted by molar-refractivity contribution is -0.124. The molecular weight excluding hydrogens is 394 g/mol. The lowest BCUT2D eigenvalue weighted by Gasteiger charge is -2.23. The molecule has 0 bridgehead atoms. The number of nitrogens with zero attached hydrogens (tertiary/aromatic N) is 2.